The van der Waals surface area contributed by atoms with Crippen molar-refractivity contribution in [1.29, 1.82) is 0 Å². The van der Waals surface area contributed by atoms with Crippen molar-refractivity contribution in [2.45, 2.75) is 38.9 Å². The molecule has 0 aromatic heterocycles. The van der Waals surface area contributed by atoms with Gasteiger partial charge in [-0.25, -0.2) is 0 Å². The van der Waals surface area contributed by atoms with Gasteiger partial charge in [0.2, 0.25) is 0 Å². The molecular formula is C19H19F6NOSi. The van der Waals surface area contributed by atoms with E-state index in [-0.39, 0.29) is 17.4 Å². The third-order valence-corrected chi connectivity index (χ3v) is 6.18. The fourth-order valence-electron chi connectivity index (χ4n) is 2.63. The van der Waals surface area contributed by atoms with Crippen molar-refractivity contribution in [2.75, 3.05) is 0 Å². The average molecular weight is 419 g/mol. The zero-order valence-corrected chi connectivity index (χ0v) is 16.6. The maximum absolute atomic E-state index is 13.0. The number of aryl methyl sites for hydroxylation is 1. The van der Waals surface area contributed by atoms with Gasteiger partial charge in [-0.3, -0.25) is 4.99 Å². The topological polar surface area (TPSA) is 32.6 Å². The fraction of sp³-hybridized carbons (Fsp3) is 0.316. The number of halogens is 6. The molecule has 0 saturated heterocycles. The maximum Gasteiger partial charge on any atom is 0.416 e. The van der Waals surface area contributed by atoms with Gasteiger partial charge in [-0.1, -0.05) is 31.8 Å². The van der Waals surface area contributed by atoms with Crippen molar-refractivity contribution < 1.29 is 31.4 Å². The van der Waals surface area contributed by atoms with Crippen LogP contribution < -0.4 is 5.19 Å². The molecule has 0 atom stereocenters. The highest BCUT2D eigenvalue weighted by Crippen LogP contribution is 2.38. The quantitative estimate of drug-likeness (QED) is 0.368. The molecule has 9 heteroatoms. The van der Waals surface area contributed by atoms with Crippen molar-refractivity contribution in [1.82, 2.24) is 0 Å². The monoisotopic (exact) mass is 419 g/mol. The molecule has 1 N–H and O–H groups in total. The highest BCUT2D eigenvalue weighted by molar-refractivity contribution is 6.89. The highest BCUT2D eigenvalue weighted by atomic mass is 28.3. The molecular weight excluding hydrogens is 400 g/mol. The van der Waals surface area contributed by atoms with Crippen molar-refractivity contribution >= 4 is 25.2 Å². The molecule has 0 fully saturated rings. The summed E-state index contributed by atoms with van der Waals surface area (Å²) in [6.45, 7) is 7.67. The van der Waals surface area contributed by atoms with E-state index in [9.17, 15) is 31.4 Å². The Hall–Kier alpha value is -2.29. The van der Waals surface area contributed by atoms with Crippen LogP contribution >= 0.6 is 0 Å². The van der Waals surface area contributed by atoms with Crippen LogP contribution in [-0.2, 0) is 12.4 Å². The predicted molar refractivity (Wildman–Crippen MR) is 99.5 cm³/mol. The SMILES string of the molecule is Cc1ccc([Si](C)(C)C)c(O)c1C=Nc1cc(C(F)(F)F)cc(C(F)(F)F)c1. The number of benzene rings is 2. The summed E-state index contributed by atoms with van der Waals surface area (Å²) in [5.41, 5.74) is -2.51. The number of aromatic hydroxyl groups is 1. The first-order valence-electron chi connectivity index (χ1n) is 8.27. The lowest BCUT2D eigenvalue weighted by Gasteiger charge is -2.20. The molecule has 0 bridgehead atoms. The molecule has 2 aromatic rings. The van der Waals surface area contributed by atoms with E-state index < -0.39 is 37.2 Å². The van der Waals surface area contributed by atoms with Crippen LogP contribution in [0.15, 0.2) is 35.3 Å². The van der Waals surface area contributed by atoms with Crippen LogP contribution in [0, 0.1) is 6.92 Å². The second-order valence-electron chi connectivity index (χ2n) is 7.46. The van der Waals surface area contributed by atoms with E-state index in [4.69, 9.17) is 0 Å². The van der Waals surface area contributed by atoms with E-state index in [0.29, 0.717) is 17.7 Å². The smallest absolute Gasteiger partial charge is 0.416 e. The minimum Gasteiger partial charge on any atom is -0.507 e. The van der Waals surface area contributed by atoms with Crippen LogP contribution in [0.5, 0.6) is 5.75 Å². The van der Waals surface area contributed by atoms with E-state index in [1.54, 1.807) is 19.1 Å². The van der Waals surface area contributed by atoms with Gasteiger partial charge in [0.1, 0.15) is 5.75 Å². The summed E-state index contributed by atoms with van der Waals surface area (Å²) in [5, 5.41) is 11.3. The predicted octanol–water partition coefficient (Wildman–Crippen LogP) is 6.03. The first kappa shape index (κ1) is 22.0. The summed E-state index contributed by atoms with van der Waals surface area (Å²) in [6.07, 6.45) is -8.79. The number of nitrogens with zero attached hydrogens (tertiary/aromatic N) is 1. The molecule has 0 amide bonds. The summed E-state index contributed by atoms with van der Waals surface area (Å²) < 4.78 is 77.7. The first-order chi connectivity index (χ1) is 12.6. The Labute approximate surface area is 159 Å². The Kier molecular flexibility index (Phi) is 5.71. The molecule has 0 aliphatic heterocycles. The molecule has 0 saturated carbocycles. The van der Waals surface area contributed by atoms with Crippen LogP contribution in [0.4, 0.5) is 32.0 Å². The maximum atomic E-state index is 13.0. The lowest BCUT2D eigenvalue weighted by molar-refractivity contribution is -0.143. The van der Waals surface area contributed by atoms with E-state index in [2.05, 4.69) is 4.99 Å². The lowest BCUT2D eigenvalue weighted by atomic mass is 10.1. The van der Waals surface area contributed by atoms with Crippen LogP contribution in [0.25, 0.3) is 0 Å². The van der Waals surface area contributed by atoms with Gasteiger partial charge < -0.3 is 5.11 Å². The number of hydrogen-bond acceptors (Lipinski definition) is 2. The Morgan fingerprint density at radius 3 is 1.82 bits per heavy atom. The zero-order chi connectivity index (χ0) is 21.5. The van der Waals surface area contributed by atoms with Crippen molar-refractivity contribution in [3.8, 4) is 5.75 Å². The number of phenolic OH excluding ortho intramolecular Hbond substituents is 1. The van der Waals surface area contributed by atoms with Gasteiger partial charge in [-0.2, -0.15) is 26.3 Å². The molecule has 2 rings (SSSR count). The van der Waals surface area contributed by atoms with Gasteiger partial charge >= 0.3 is 12.4 Å². The molecule has 0 aliphatic rings. The van der Waals surface area contributed by atoms with Gasteiger partial charge in [0.25, 0.3) is 0 Å². The number of alkyl halides is 6. The fourth-order valence-corrected chi connectivity index (χ4v) is 4.06. The first-order valence-corrected chi connectivity index (χ1v) is 11.8. The van der Waals surface area contributed by atoms with Crippen LogP contribution in [-0.4, -0.2) is 19.4 Å². The molecule has 28 heavy (non-hydrogen) atoms. The normalized spacial score (nSPS) is 13.4. The van der Waals surface area contributed by atoms with Crippen molar-refractivity contribution in [2.24, 2.45) is 4.99 Å². The second kappa shape index (κ2) is 7.27. The zero-order valence-electron chi connectivity index (χ0n) is 15.6. The minimum absolute atomic E-state index is 0.0492. The molecule has 152 valence electrons. The van der Waals surface area contributed by atoms with E-state index >= 15 is 0 Å². The van der Waals surface area contributed by atoms with Gasteiger partial charge in [0.05, 0.1) is 24.9 Å². The number of phenols is 1. The molecule has 0 heterocycles. The highest BCUT2D eigenvalue weighted by Gasteiger charge is 2.37. The lowest BCUT2D eigenvalue weighted by Crippen LogP contribution is -2.38. The molecule has 0 unspecified atom stereocenters. The van der Waals surface area contributed by atoms with Gasteiger partial charge in [-0.15, -0.1) is 0 Å². The third-order valence-electron chi connectivity index (χ3n) is 4.16. The van der Waals surface area contributed by atoms with Crippen molar-refractivity contribution in [3.63, 3.8) is 0 Å². The van der Waals surface area contributed by atoms with Crippen molar-refractivity contribution in [3.05, 3.63) is 52.6 Å². The summed E-state index contributed by atoms with van der Waals surface area (Å²) in [5.74, 6) is -0.0501. The van der Waals surface area contributed by atoms with E-state index in [1.807, 2.05) is 19.6 Å². The summed E-state index contributed by atoms with van der Waals surface area (Å²) in [6, 6.07) is 4.65. The summed E-state index contributed by atoms with van der Waals surface area (Å²) in [4.78, 5) is 3.80. The van der Waals surface area contributed by atoms with Crippen LogP contribution in [0.1, 0.15) is 22.3 Å². The number of rotatable bonds is 3. The number of hydrogen-bond donors (Lipinski definition) is 1. The second-order valence-corrected chi connectivity index (χ2v) is 12.5. The summed E-state index contributed by atoms with van der Waals surface area (Å²) in [7, 11) is -1.92. The average Bonchev–Trinajstić information content (AvgIpc) is 2.51. The van der Waals surface area contributed by atoms with Crippen LogP contribution in [0.3, 0.4) is 0 Å². The minimum atomic E-state index is -4.94. The van der Waals surface area contributed by atoms with E-state index in [1.165, 1.54) is 0 Å². The molecule has 0 spiro atoms. The molecule has 2 nitrogen and oxygen atoms in total. The molecule has 0 aliphatic carbocycles. The number of aliphatic imine (C=N–C) groups is 1. The van der Waals surface area contributed by atoms with Crippen LogP contribution in [0.2, 0.25) is 19.6 Å². The third kappa shape index (κ3) is 4.95. The Balaban J connectivity index is 2.58. The standard InChI is InChI=1S/C19H19F6NOSi/c1-11-5-6-16(28(2,3)4)17(27)15(11)10-26-14-8-12(18(20,21)22)7-13(9-14)19(23,24)25/h5-10,27H,1-4H3. The largest absolute Gasteiger partial charge is 0.507 e. The Morgan fingerprint density at radius 1 is 0.893 bits per heavy atom. The Morgan fingerprint density at radius 2 is 1.39 bits per heavy atom. The molecule has 2 aromatic carbocycles. The van der Waals surface area contributed by atoms with Gasteiger partial charge in [0, 0.05) is 11.8 Å². The molecule has 0 radical (unpaired) electrons. The van der Waals surface area contributed by atoms with Gasteiger partial charge in [-0.05, 0) is 35.9 Å². The van der Waals surface area contributed by atoms with Gasteiger partial charge in [0.15, 0.2) is 0 Å². The summed E-state index contributed by atoms with van der Waals surface area (Å²) >= 11 is 0. The Bertz CT molecular complexity index is 878. The van der Waals surface area contributed by atoms with E-state index in [0.717, 1.165) is 11.4 Å².